The van der Waals surface area contributed by atoms with Gasteiger partial charge in [-0.3, -0.25) is 10.1 Å². The minimum atomic E-state index is -0.491. The van der Waals surface area contributed by atoms with Crippen molar-refractivity contribution in [3.8, 4) is 17.6 Å². The van der Waals surface area contributed by atoms with E-state index in [9.17, 15) is 15.4 Å². The summed E-state index contributed by atoms with van der Waals surface area (Å²) < 4.78 is 11.6. The van der Waals surface area contributed by atoms with E-state index in [2.05, 4.69) is 6.07 Å². The van der Waals surface area contributed by atoms with Crippen molar-refractivity contribution in [2.75, 3.05) is 6.61 Å². The minimum absolute atomic E-state index is 0.0484. The van der Waals surface area contributed by atoms with Crippen molar-refractivity contribution in [1.29, 1.82) is 5.26 Å². The van der Waals surface area contributed by atoms with Gasteiger partial charge in [-0.15, -0.1) is 0 Å². The molecule has 0 atom stereocenters. The first-order valence-electron chi connectivity index (χ1n) is 9.62. The number of nitrogens with zero attached hydrogens (tertiary/aromatic N) is 2. The number of hydrogen-bond donors (Lipinski definition) is 0. The summed E-state index contributed by atoms with van der Waals surface area (Å²) >= 11 is 12.7. The largest absolute Gasteiger partial charge is 0.490 e. The number of allylic oxidation sites excluding steroid dienone is 1. The molecule has 0 fully saturated rings. The molecule has 0 unspecified atom stereocenters. The zero-order valence-corrected chi connectivity index (χ0v) is 18.6. The second kappa shape index (κ2) is 10.7. The first-order valence-corrected chi connectivity index (χ1v) is 10.4. The Balaban J connectivity index is 1.92. The molecule has 6 nitrogen and oxygen atoms in total. The van der Waals surface area contributed by atoms with Gasteiger partial charge in [0.15, 0.2) is 11.5 Å². The molecule has 0 aromatic heterocycles. The SMILES string of the molecule is CCOc1cc(/C=C(/C#N)c2ccc([N+](=O)[O-])cc2)cc(Cl)c1OCc1ccccc1Cl. The lowest BCUT2D eigenvalue weighted by Gasteiger charge is -2.15. The standard InChI is InChI=1S/C24H18Cl2N2O4/c1-2-31-23-13-16(11-19(14-27)17-7-9-20(10-8-17)28(29)30)12-22(26)24(23)32-15-18-5-3-4-6-21(18)25/h3-13H,2,15H2,1H3/b19-11-. The molecule has 0 aliphatic heterocycles. The van der Waals surface area contributed by atoms with Crippen LogP contribution in [0.3, 0.4) is 0 Å². The maximum Gasteiger partial charge on any atom is 0.269 e. The summed E-state index contributed by atoms with van der Waals surface area (Å²) in [5, 5.41) is 21.4. The van der Waals surface area contributed by atoms with E-state index in [1.807, 2.05) is 25.1 Å². The molecule has 3 aromatic carbocycles. The van der Waals surface area contributed by atoms with Crippen LogP contribution in [0.25, 0.3) is 11.6 Å². The van der Waals surface area contributed by atoms with E-state index >= 15 is 0 Å². The first-order chi connectivity index (χ1) is 15.4. The van der Waals surface area contributed by atoms with Crippen LogP contribution in [-0.4, -0.2) is 11.5 Å². The van der Waals surface area contributed by atoms with Gasteiger partial charge in [-0.25, -0.2) is 0 Å². The van der Waals surface area contributed by atoms with Gasteiger partial charge in [0.25, 0.3) is 5.69 Å². The quantitative estimate of drug-likeness (QED) is 0.154. The highest BCUT2D eigenvalue weighted by atomic mass is 35.5. The lowest BCUT2D eigenvalue weighted by atomic mass is 10.0. The molecule has 3 rings (SSSR count). The van der Waals surface area contributed by atoms with Crippen molar-refractivity contribution in [2.45, 2.75) is 13.5 Å². The Hall–Kier alpha value is -3.53. The summed E-state index contributed by atoms with van der Waals surface area (Å²) in [5.74, 6) is 0.804. The molecule has 0 spiro atoms. The third-order valence-electron chi connectivity index (χ3n) is 4.48. The van der Waals surface area contributed by atoms with Crippen LogP contribution in [0.1, 0.15) is 23.6 Å². The molecular formula is C24H18Cl2N2O4. The van der Waals surface area contributed by atoms with Crippen LogP contribution in [0.15, 0.2) is 60.7 Å². The Morgan fingerprint density at radius 3 is 2.44 bits per heavy atom. The maximum absolute atomic E-state index is 10.9. The molecule has 0 aliphatic carbocycles. The summed E-state index contributed by atoms with van der Waals surface area (Å²) in [4.78, 5) is 10.4. The zero-order valence-electron chi connectivity index (χ0n) is 17.0. The number of nitriles is 1. The molecule has 3 aromatic rings. The fourth-order valence-electron chi connectivity index (χ4n) is 2.95. The number of ether oxygens (including phenoxy) is 2. The Morgan fingerprint density at radius 1 is 1.09 bits per heavy atom. The number of hydrogen-bond acceptors (Lipinski definition) is 5. The highest BCUT2D eigenvalue weighted by Crippen LogP contribution is 2.38. The third-order valence-corrected chi connectivity index (χ3v) is 5.13. The van der Waals surface area contributed by atoms with Gasteiger partial charge in [-0.2, -0.15) is 5.26 Å². The molecule has 162 valence electrons. The van der Waals surface area contributed by atoms with E-state index in [-0.39, 0.29) is 12.3 Å². The normalized spacial score (nSPS) is 11.0. The summed E-state index contributed by atoms with van der Waals surface area (Å²) in [5.41, 5.74) is 2.25. The molecule has 0 radical (unpaired) electrons. The summed E-state index contributed by atoms with van der Waals surface area (Å²) in [6.45, 7) is 2.44. The molecule has 0 bridgehead atoms. The van der Waals surface area contributed by atoms with Crippen molar-refractivity contribution in [1.82, 2.24) is 0 Å². The number of halogens is 2. The van der Waals surface area contributed by atoms with E-state index in [4.69, 9.17) is 32.7 Å². The average Bonchev–Trinajstić information content (AvgIpc) is 2.78. The van der Waals surface area contributed by atoms with Crippen LogP contribution in [-0.2, 0) is 6.61 Å². The van der Waals surface area contributed by atoms with E-state index in [0.29, 0.717) is 44.9 Å². The topological polar surface area (TPSA) is 85.4 Å². The molecule has 0 saturated carbocycles. The predicted molar refractivity (Wildman–Crippen MR) is 125 cm³/mol. The van der Waals surface area contributed by atoms with Gasteiger partial charge >= 0.3 is 0 Å². The first kappa shape index (κ1) is 23.1. The zero-order chi connectivity index (χ0) is 23.1. The number of rotatable bonds is 8. The van der Waals surface area contributed by atoms with Crippen molar-refractivity contribution in [3.63, 3.8) is 0 Å². The van der Waals surface area contributed by atoms with Crippen molar-refractivity contribution < 1.29 is 14.4 Å². The number of non-ortho nitro benzene ring substituents is 1. The molecule has 0 saturated heterocycles. The van der Waals surface area contributed by atoms with E-state index in [1.165, 1.54) is 24.3 Å². The lowest BCUT2D eigenvalue weighted by Crippen LogP contribution is -2.01. The summed E-state index contributed by atoms with van der Waals surface area (Å²) in [6, 6.07) is 18.6. The van der Waals surface area contributed by atoms with Crippen LogP contribution < -0.4 is 9.47 Å². The van der Waals surface area contributed by atoms with Crippen LogP contribution >= 0.6 is 23.2 Å². The van der Waals surface area contributed by atoms with Crippen molar-refractivity contribution in [3.05, 3.63) is 97.5 Å². The van der Waals surface area contributed by atoms with Crippen molar-refractivity contribution >= 4 is 40.5 Å². The van der Waals surface area contributed by atoms with E-state index in [1.54, 1.807) is 24.3 Å². The average molecular weight is 469 g/mol. The van der Waals surface area contributed by atoms with Crippen LogP contribution in [0, 0.1) is 21.4 Å². The monoisotopic (exact) mass is 468 g/mol. The van der Waals surface area contributed by atoms with Gasteiger partial charge < -0.3 is 9.47 Å². The minimum Gasteiger partial charge on any atom is -0.490 e. The van der Waals surface area contributed by atoms with Crippen molar-refractivity contribution in [2.24, 2.45) is 0 Å². The lowest BCUT2D eigenvalue weighted by molar-refractivity contribution is -0.384. The van der Waals surface area contributed by atoms with Crippen LogP contribution in [0.2, 0.25) is 10.0 Å². The fraction of sp³-hybridized carbons (Fsp3) is 0.125. The molecule has 0 heterocycles. The van der Waals surface area contributed by atoms with Gasteiger partial charge in [0.1, 0.15) is 6.61 Å². The van der Waals surface area contributed by atoms with Gasteiger partial charge in [-0.05, 0) is 54.5 Å². The van der Waals surface area contributed by atoms with E-state index in [0.717, 1.165) is 5.56 Å². The molecular weight excluding hydrogens is 451 g/mol. The summed E-state index contributed by atoms with van der Waals surface area (Å²) in [7, 11) is 0. The third kappa shape index (κ3) is 5.58. The smallest absolute Gasteiger partial charge is 0.269 e. The Morgan fingerprint density at radius 2 is 1.81 bits per heavy atom. The molecule has 32 heavy (non-hydrogen) atoms. The molecule has 0 amide bonds. The fourth-order valence-corrected chi connectivity index (χ4v) is 3.41. The molecule has 0 N–H and O–H groups in total. The Kier molecular flexibility index (Phi) is 7.72. The highest BCUT2D eigenvalue weighted by molar-refractivity contribution is 6.32. The van der Waals surface area contributed by atoms with Crippen LogP contribution in [0.5, 0.6) is 11.5 Å². The van der Waals surface area contributed by atoms with Crippen LogP contribution in [0.4, 0.5) is 5.69 Å². The maximum atomic E-state index is 10.9. The van der Waals surface area contributed by atoms with Gasteiger partial charge in [0, 0.05) is 22.7 Å². The Labute approximate surface area is 195 Å². The number of benzene rings is 3. The number of nitro benzene ring substituents is 1. The van der Waals surface area contributed by atoms with Gasteiger partial charge in [0.05, 0.1) is 28.2 Å². The predicted octanol–water partition coefficient (Wildman–Crippen LogP) is 6.94. The number of nitro groups is 1. The highest BCUT2D eigenvalue weighted by Gasteiger charge is 2.14. The summed E-state index contributed by atoms with van der Waals surface area (Å²) in [6.07, 6.45) is 1.63. The van der Waals surface area contributed by atoms with E-state index < -0.39 is 4.92 Å². The molecule has 0 aliphatic rings. The van der Waals surface area contributed by atoms with Gasteiger partial charge in [-0.1, -0.05) is 41.4 Å². The second-order valence-electron chi connectivity index (χ2n) is 6.62. The second-order valence-corrected chi connectivity index (χ2v) is 7.43. The molecule has 8 heteroatoms. The Bertz CT molecular complexity index is 1200. The van der Waals surface area contributed by atoms with Gasteiger partial charge in [0.2, 0.25) is 0 Å².